The summed E-state index contributed by atoms with van der Waals surface area (Å²) >= 11 is 0. The highest BCUT2D eigenvalue weighted by atomic mass is 16.2. The van der Waals surface area contributed by atoms with Crippen LogP contribution in [0.2, 0.25) is 0 Å². The average Bonchev–Trinajstić information content (AvgIpc) is 3.40. The Hall–Kier alpha value is -4.85. The second-order valence-electron chi connectivity index (χ2n) is 8.21. The number of imide groups is 1. The van der Waals surface area contributed by atoms with Gasteiger partial charge >= 0.3 is 0 Å². The first-order chi connectivity index (χ1) is 17.1. The summed E-state index contributed by atoms with van der Waals surface area (Å²) in [4.78, 5) is 39.2. The third-order valence-electron chi connectivity index (χ3n) is 6.12. The van der Waals surface area contributed by atoms with Gasteiger partial charge in [-0.15, -0.1) is 0 Å². The smallest absolute Gasteiger partial charge is 0.266 e. The highest BCUT2D eigenvalue weighted by Gasteiger charge is 2.34. The van der Waals surface area contributed by atoms with Gasteiger partial charge in [0.1, 0.15) is 5.69 Å². The standard InChI is InChI=1S/C27H19N5O3/c33-23-14-13-21(24-22-12-6-7-15-31(22)29-25(24)18-8-2-1-3-9-18)28-32(23)17-16-30-26(34)19-10-4-5-11-20(19)27(30)35/h1-15H,16-17H2. The summed E-state index contributed by atoms with van der Waals surface area (Å²) in [6, 6.07) is 25.4. The number of rotatable bonds is 5. The van der Waals surface area contributed by atoms with Crippen LogP contribution in [-0.2, 0) is 6.54 Å². The lowest BCUT2D eigenvalue weighted by Crippen LogP contribution is -2.35. The van der Waals surface area contributed by atoms with Gasteiger partial charge in [-0.1, -0.05) is 48.5 Å². The molecule has 2 amide bonds. The van der Waals surface area contributed by atoms with Gasteiger partial charge in [0.05, 0.1) is 34.4 Å². The zero-order chi connectivity index (χ0) is 23.9. The number of hydrogen-bond acceptors (Lipinski definition) is 5. The maximum atomic E-state index is 12.7. The molecule has 8 heteroatoms. The van der Waals surface area contributed by atoms with Crippen molar-refractivity contribution in [2.24, 2.45) is 0 Å². The number of amides is 2. The van der Waals surface area contributed by atoms with Gasteiger partial charge in [0.15, 0.2) is 0 Å². The van der Waals surface area contributed by atoms with Crippen molar-refractivity contribution in [3.63, 3.8) is 0 Å². The summed E-state index contributed by atoms with van der Waals surface area (Å²) in [6.45, 7) is 0.126. The van der Waals surface area contributed by atoms with Crippen LogP contribution in [0, 0.1) is 0 Å². The Morgan fingerprint density at radius 1 is 0.657 bits per heavy atom. The maximum Gasteiger partial charge on any atom is 0.266 e. The van der Waals surface area contributed by atoms with Crippen LogP contribution in [0.4, 0.5) is 0 Å². The number of carbonyl (C=O) groups is 2. The molecule has 0 fully saturated rings. The molecule has 0 spiro atoms. The van der Waals surface area contributed by atoms with E-state index in [0.717, 1.165) is 27.2 Å². The van der Waals surface area contributed by atoms with E-state index >= 15 is 0 Å². The molecule has 0 atom stereocenters. The molecular weight excluding hydrogens is 442 g/mol. The minimum absolute atomic E-state index is 0.0447. The predicted octanol–water partition coefficient (Wildman–Crippen LogP) is 3.52. The van der Waals surface area contributed by atoms with E-state index in [1.807, 2.05) is 54.7 Å². The largest absolute Gasteiger partial charge is 0.272 e. The molecule has 0 radical (unpaired) electrons. The number of carbonyl (C=O) groups excluding carboxylic acids is 2. The summed E-state index contributed by atoms with van der Waals surface area (Å²) < 4.78 is 3.08. The molecule has 1 aliphatic rings. The fourth-order valence-corrected chi connectivity index (χ4v) is 4.43. The van der Waals surface area contributed by atoms with Crippen LogP contribution in [0.3, 0.4) is 0 Å². The minimum Gasteiger partial charge on any atom is -0.272 e. The van der Waals surface area contributed by atoms with E-state index in [9.17, 15) is 14.4 Å². The molecular formula is C27H19N5O3. The summed E-state index contributed by atoms with van der Waals surface area (Å²) in [5.74, 6) is -0.715. The van der Waals surface area contributed by atoms with Gasteiger partial charge in [-0.05, 0) is 30.3 Å². The first-order valence-electron chi connectivity index (χ1n) is 11.2. The van der Waals surface area contributed by atoms with E-state index in [0.29, 0.717) is 16.8 Å². The summed E-state index contributed by atoms with van der Waals surface area (Å²) in [5, 5.41) is 9.37. The summed E-state index contributed by atoms with van der Waals surface area (Å²) in [6.07, 6.45) is 1.86. The Bertz CT molecular complexity index is 1630. The number of benzene rings is 2. The van der Waals surface area contributed by atoms with Crippen LogP contribution < -0.4 is 5.56 Å². The molecule has 0 bridgehead atoms. The van der Waals surface area contributed by atoms with Crippen LogP contribution in [0.1, 0.15) is 20.7 Å². The molecule has 1 aliphatic heterocycles. The summed E-state index contributed by atoms with van der Waals surface area (Å²) in [7, 11) is 0. The van der Waals surface area contributed by atoms with E-state index in [1.54, 1.807) is 34.8 Å². The molecule has 0 unspecified atom stereocenters. The van der Waals surface area contributed by atoms with Crippen molar-refractivity contribution in [2.45, 2.75) is 6.54 Å². The monoisotopic (exact) mass is 461 g/mol. The molecule has 4 heterocycles. The van der Waals surface area contributed by atoms with Gasteiger partial charge in [-0.25, -0.2) is 9.20 Å². The predicted molar refractivity (Wildman–Crippen MR) is 130 cm³/mol. The molecule has 170 valence electrons. The average molecular weight is 461 g/mol. The van der Waals surface area contributed by atoms with Gasteiger partial charge in [0.2, 0.25) is 0 Å². The lowest BCUT2D eigenvalue weighted by atomic mass is 10.0. The fourth-order valence-electron chi connectivity index (χ4n) is 4.43. The lowest BCUT2D eigenvalue weighted by Gasteiger charge is -2.14. The summed E-state index contributed by atoms with van der Waals surface area (Å²) in [5.41, 5.74) is 4.34. The van der Waals surface area contributed by atoms with Crippen LogP contribution >= 0.6 is 0 Å². The molecule has 2 aromatic carbocycles. The zero-order valence-electron chi connectivity index (χ0n) is 18.5. The van der Waals surface area contributed by atoms with Crippen molar-refractivity contribution >= 4 is 17.3 Å². The van der Waals surface area contributed by atoms with Gasteiger partial charge < -0.3 is 0 Å². The number of nitrogens with zero attached hydrogens (tertiary/aromatic N) is 5. The third kappa shape index (κ3) is 3.43. The van der Waals surface area contributed by atoms with E-state index in [2.05, 4.69) is 5.10 Å². The zero-order valence-corrected chi connectivity index (χ0v) is 18.5. The highest BCUT2D eigenvalue weighted by molar-refractivity contribution is 6.21. The van der Waals surface area contributed by atoms with Gasteiger partial charge in [-0.2, -0.15) is 10.2 Å². The van der Waals surface area contributed by atoms with E-state index in [-0.39, 0.29) is 30.5 Å². The Labute approximate surface area is 199 Å². The molecule has 8 nitrogen and oxygen atoms in total. The van der Waals surface area contributed by atoms with Crippen molar-refractivity contribution in [3.8, 4) is 22.5 Å². The van der Waals surface area contributed by atoms with Crippen molar-refractivity contribution in [2.75, 3.05) is 6.54 Å². The number of pyridine rings is 1. The van der Waals surface area contributed by atoms with Crippen LogP contribution in [0.25, 0.3) is 28.0 Å². The third-order valence-corrected chi connectivity index (χ3v) is 6.12. The Kier molecular flexibility index (Phi) is 4.84. The maximum absolute atomic E-state index is 12.7. The molecule has 6 rings (SSSR count). The lowest BCUT2D eigenvalue weighted by molar-refractivity contribution is 0.0647. The van der Waals surface area contributed by atoms with Crippen LogP contribution in [0.15, 0.2) is 95.9 Å². The molecule has 3 aromatic heterocycles. The molecule has 35 heavy (non-hydrogen) atoms. The van der Waals surface area contributed by atoms with Crippen molar-refractivity contribution < 1.29 is 9.59 Å². The highest BCUT2D eigenvalue weighted by Crippen LogP contribution is 2.33. The number of aromatic nitrogens is 4. The normalized spacial score (nSPS) is 13.0. The first kappa shape index (κ1) is 20.7. The van der Waals surface area contributed by atoms with E-state index in [1.165, 1.54) is 10.7 Å². The Balaban J connectivity index is 1.38. The molecule has 5 aromatic rings. The Morgan fingerprint density at radius 2 is 1.34 bits per heavy atom. The number of fused-ring (bicyclic) bond motifs is 2. The molecule has 0 saturated carbocycles. The quantitative estimate of drug-likeness (QED) is 0.374. The minimum atomic E-state index is -0.358. The topological polar surface area (TPSA) is 89.6 Å². The van der Waals surface area contributed by atoms with Gasteiger partial charge in [0.25, 0.3) is 17.4 Å². The SMILES string of the molecule is O=C1c2ccccc2C(=O)N1CCn1nc(-c2c(-c3ccccc3)nn3ccccc23)ccc1=O. The van der Waals surface area contributed by atoms with E-state index < -0.39 is 0 Å². The first-order valence-corrected chi connectivity index (χ1v) is 11.2. The second kappa shape index (κ2) is 8.18. The molecule has 0 saturated heterocycles. The van der Waals surface area contributed by atoms with Crippen LogP contribution in [0.5, 0.6) is 0 Å². The van der Waals surface area contributed by atoms with Gasteiger partial charge in [0, 0.05) is 24.4 Å². The molecule has 0 aliphatic carbocycles. The van der Waals surface area contributed by atoms with Crippen molar-refractivity contribution in [3.05, 3.63) is 113 Å². The van der Waals surface area contributed by atoms with E-state index in [4.69, 9.17) is 5.10 Å². The number of hydrogen-bond donors (Lipinski definition) is 0. The fraction of sp³-hybridized carbons (Fsp3) is 0.0741. The van der Waals surface area contributed by atoms with Crippen molar-refractivity contribution in [1.29, 1.82) is 0 Å². The van der Waals surface area contributed by atoms with Crippen LogP contribution in [-0.4, -0.2) is 42.7 Å². The van der Waals surface area contributed by atoms with Crippen molar-refractivity contribution in [1.82, 2.24) is 24.3 Å². The second-order valence-corrected chi connectivity index (χ2v) is 8.21. The Morgan fingerprint density at radius 3 is 2.09 bits per heavy atom. The molecule has 0 N–H and O–H groups in total. The van der Waals surface area contributed by atoms with Gasteiger partial charge in [-0.3, -0.25) is 19.3 Å².